The first-order valence-corrected chi connectivity index (χ1v) is 5.27. The summed E-state index contributed by atoms with van der Waals surface area (Å²) in [6, 6.07) is 8.11. The van der Waals surface area contributed by atoms with Gasteiger partial charge in [0.05, 0.1) is 5.69 Å². The molecule has 0 atom stereocenters. The van der Waals surface area contributed by atoms with Gasteiger partial charge in [-0.25, -0.2) is 0 Å². The molecule has 0 radical (unpaired) electrons. The summed E-state index contributed by atoms with van der Waals surface area (Å²) in [7, 11) is 0. The standard InChI is InChI=1S/C10H10N2S/c1-13-10-7-6-8-4-2-3-5-9(8)11-12-10/h2-7,11H,1H3. The molecular formula is C10H10N2S. The highest BCUT2D eigenvalue weighted by atomic mass is 32.2. The number of hydrazone groups is 1. The molecule has 2 rings (SSSR count). The summed E-state index contributed by atoms with van der Waals surface area (Å²) >= 11 is 1.63. The minimum absolute atomic E-state index is 0.996. The maximum Gasteiger partial charge on any atom is 0.116 e. The first-order chi connectivity index (χ1) is 6.40. The van der Waals surface area contributed by atoms with Crippen LogP contribution in [0.5, 0.6) is 0 Å². The van der Waals surface area contributed by atoms with Crippen molar-refractivity contribution in [2.45, 2.75) is 0 Å². The van der Waals surface area contributed by atoms with Gasteiger partial charge >= 0.3 is 0 Å². The number of rotatable bonds is 0. The Hall–Kier alpha value is -1.22. The van der Waals surface area contributed by atoms with Crippen LogP contribution in [0.15, 0.2) is 35.4 Å². The molecule has 66 valence electrons. The maximum atomic E-state index is 4.23. The molecule has 0 aliphatic carbocycles. The van der Waals surface area contributed by atoms with Crippen LogP contribution in [0.2, 0.25) is 0 Å². The highest BCUT2D eigenvalue weighted by molar-refractivity contribution is 8.13. The minimum Gasteiger partial charge on any atom is -0.277 e. The molecule has 0 aromatic heterocycles. The number of nitrogens with zero attached hydrogens (tertiary/aromatic N) is 1. The lowest BCUT2D eigenvalue weighted by Gasteiger charge is -2.01. The van der Waals surface area contributed by atoms with Crippen molar-refractivity contribution in [3.8, 4) is 0 Å². The molecule has 1 aromatic rings. The zero-order valence-corrected chi connectivity index (χ0v) is 8.14. The number of para-hydroxylation sites is 1. The van der Waals surface area contributed by atoms with Crippen LogP contribution in [0.3, 0.4) is 0 Å². The molecule has 2 nitrogen and oxygen atoms in total. The molecule has 0 spiro atoms. The van der Waals surface area contributed by atoms with Crippen molar-refractivity contribution in [2.24, 2.45) is 5.10 Å². The van der Waals surface area contributed by atoms with Crippen molar-refractivity contribution >= 4 is 28.6 Å². The molecule has 0 bridgehead atoms. The molecule has 3 heteroatoms. The lowest BCUT2D eigenvalue weighted by molar-refractivity contribution is 1.35. The van der Waals surface area contributed by atoms with Gasteiger partial charge in [0, 0.05) is 0 Å². The van der Waals surface area contributed by atoms with Gasteiger partial charge in [-0.1, -0.05) is 24.3 Å². The number of hydrogen-bond donors (Lipinski definition) is 1. The molecule has 0 saturated heterocycles. The van der Waals surface area contributed by atoms with Crippen molar-refractivity contribution in [3.63, 3.8) is 0 Å². The lowest BCUT2D eigenvalue weighted by atomic mass is 10.2. The van der Waals surface area contributed by atoms with Gasteiger partial charge in [0.25, 0.3) is 0 Å². The Morgan fingerprint density at radius 1 is 1.23 bits per heavy atom. The van der Waals surface area contributed by atoms with Crippen molar-refractivity contribution in [2.75, 3.05) is 11.7 Å². The zero-order valence-electron chi connectivity index (χ0n) is 7.32. The summed E-state index contributed by atoms with van der Waals surface area (Å²) in [5, 5.41) is 5.22. The number of thioether (sulfide) groups is 1. The summed E-state index contributed by atoms with van der Waals surface area (Å²) in [6.45, 7) is 0. The van der Waals surface area contributed by atoms with Gasteiger partial charge in [-0.2, -0.15) is 5.10 Å². The second kappa shape index (κ2) is 3.66. The molecule has 0 unspecified atom stereocenters. The molecule has 1 heterocycles. The van der Waals surface area contributed by atoms with E-state index in [4.69, 9.17) is 0 Å². The SMILES string of the molecule is CSC1=NNc2ccccc2C=C1. The first-order valence-electron chi connectivity index (χ1n) is 4.05. The molecule has 0 amide bonds. The molecule has 13 heavy (non-hydrogen) atoms. The van der Waals surface area contributed by atoms with Crippen molar-refractivity contribution in [1.82, 2.24) is 0 Å². The van der Waals surface area contributed by atoms with Crippen LogP contribution in [0.4, 0.5) is 5.69 Å². The second-order valence-corrected chi connectivity index (χ2v) is 3.51. The Morgan fingerprint density at radius 3 is 2.92 bits per heavy atom. The topological polar surface area (TPSA) is 24.4 Å². The number of hydrogen-bond acceptors (Lipinski definition) is 3. The van der Waals surface area contributed by atoms with Crippen LogP contribution in [-0.4, -0.2) is 11.3 Å². The molecular weight excluding hydrogens is 180 g/mol. The number of benzene rings is 1. The van der Waals surface area contributed by atoms with E-state index in [2.05, 4.69) is 22.7 Å². The van der Waals surface area contributed by atoms with E-state index in [0.29, 0.717) is 0 Å². The molecule has 0 saturated carbocycles. The number of anilines is 1. The highest BCUT2D eigenvalue weighted by Gasteiger charge is 2.01. The van der Waals surface area contributed by atoms with Gasteiger partial charge in [0.15, 0.2) is 0 Å². The van der Waals surface area contributed by atoms with E-state index >= 15 is 0 Å². The van der Waals surface area contributed by atoms with Crippen molar-refractivity contribution < 1.29 is 0 Å². The first kappa shape index (κ1) is 8.38. The van der Waals surface area contributed by atoms with E-state index in [1.54, 1.807) is 11.8 Å². The van der Waals surface area contributed by atoms with Crippen LogP contribution in [-0.2, 0) is 0 Å². The van der Waals surface area contributed by atoms with Crippen LogP contribution < -0.4 is 5.43 Å². The quantitative estimate of drug-likeness (QED) is 0.680. The normalized spacial score (nSPS) is 14.1. The van der Waals surface area contributed by atoms with E-state index in [1.165, 1.54) is 5.56 Å². The highest BCUT2D eigenvalue weighted by Crippen LogP contribution is 2.20. The van der Waals surface area contributed by atoms with Gasteiger partial charge < -0.3 is 0 Å². The third-order valence-corrected chi connectivity index (χ3v) is 2.51. The molecule has 1 N–H and O–H groups in total. The van der Waals surface area contributed by atoms with Gasteiger partial charge in [0.2, 0.25) is 0 Å². The zero-order chi connectivity index (χ0) is 9.10. The molecule has 1 aromatic carbocycles. The van der Waals surface area contributed by atoms with Crippen LogP contribution in [0.1, 0.15) is 5.56 Å². The van der Waals surface area contributed by atoms with Gasteiger partial charge in [-0.3, -0.25) is 5.43 Å². The van der Waals surface area contributed by atoms with Crippen molar-refractivity contribution in [1.29, 1.82) is 0 Å². The van der Waals surface area contributed by atoms with Crippen LogP contribution >= 0.6 is 11.8 Å². The fraction of sp³-hybridized carbons (Fsp3) is 0.100. The average Bonchev–Trinajstić information content (AvgIpc) is 2.39. The van der Waals surface area contributed by atoms with E-state index in [9.17, 15) is 0 Å². The van der Waals surface area contributed by atoms with E-state index < -0.39 is 0 Å². The number of fused-ring (bicyclic) bond motifs is 1. The molecule has 1 aliphatic rings. The minimum atomic E-state index is 0.996. The smallest absolute Gasteiger partial charge is 0.116 e. The Kier molecular flexibility index (Phi) is 2.36. The van der Waals surface area contributed by atoms with Gasteiger partial charge in [0.1, 0.15) is 5.04 Å². The molecule has 0 fully saturated rings. The maximum absolute atomic E-state index is 4.23. The Labute approximate surface area is 81.7 Å². The van der Waals surface area contributed by atoms with Gasteiger partial charge in [-0.05, 0) is 24.0 Å². The summed E-state index contributed by atoms with van der Waals surface area (Å²) in [5.41, 5.74) is 5.27. The van der Waals surface area contributed by atoms with E-state index in [0.717, 1.165) is 10.7 Å². The third kappa shape index (κ3) is 1.75. The number of nitrogens with one attached hydrogen (secondary N) is 1. The average molecular weight is 190 g/mol. The fourth-order valence-electron chi connectivity index (χ4n) is 1.17. The second-order valence-electron chi connectivity index (χ2n) is 2.69. The Balaban J connectivity index is 2.39. The largest absolute Gasteiger partial charge is 0.277 e. The summed E-state index contributed by atoms with van der Waals surface area (Å²) in [5.74, 6) is 0. The Morgan fingerprint density at radius 2 is 2.08 bits per heavy atom. The van der Waals surface area contributed by atoms with E-state index in [1.807, 2.05) is 30.5 Å². The lowest BCUT2D eigenvalue weighted by Crippen LogP contribution is -1.92. The summed E-state index contributed by atoms with van der Waals surface area (Å²) < 4.78 is 0. The Bertz CT molecular complexity index is 369. The third-order valence-electron chi connectivity index (χ3n) is 1.86. The summed E-state index contributed by atoms with van der Waals surface area (Å²) in [4.78, 5) is 0. The van der Waals surface area contributed by atoms with Crippen molar-refractivity contribution in [3.05, 3.63) is 35.9 Å². The van der Waals surface area contributed by atoms with Gasteiger partial charge in [-0.15, -0.1) is 11.8 Å². The van der Waals surface area contributed by atoms with Crippen LogP contribution in [0.25, 0.3) is 6.08 Å². The summed E-state index contributed by atoms with van der Waals surface area (Å²) in [6.07, 6.45) is 6.11. The molecule has 1 aliphatic heterocycles. The fourth-order valence-corrected chi connectivity index (χ4v) is 1.51. The predicted octanol–water partition coefficient (Wildman–Crippen LogP) is 2.80. The van der Waals surface area contributed by atoms with E-state index in [-0.39, 0.29) is 0 Å². The predicted molar refractivity (Wildman–Crippen MR) is 60.0 cm³/mol. The monoisotopic (exact) mass is 190 g/mol. The van der Waals surface area contributed by atoms with Crippen LogP contribution in [0, 0.1) is 0 Å².